The number of aliphatic hydroxyl groups excluding tert-OH is 1. The Hall–Kier alpha value is -11.1. The molecule has 120 heavy (non-hydrogen) atoms. The van der Waals surface area contributed by atoms with E-state index >= 15 is 0 Å². The van der Waals surface area contributed by atoms with Gasteiger partial charge in [0.1, 0.15) is 37.7 Å². The quantitative estimate of drug-likeness (QED) is 0.0211. The third-order valence-electron chi connectivity index (χ3n) is 24.0. The van der Waals surface area contributed by atoms with Crippen LogP contribution in [0.3, 0.4) is 0 Å². The van der Waals surface area contributed by atoms with E-state index in [1.54, 1.807) is 18.2 Å². The van der Waals surface area contributed by atoms with Crippen molar-refractivity contribution in [2.75, 3.05) is 161 Å². The lowest BCUT2D eigenvalue weighted by atomic mass is 9.46. The number of imide groups is 1. The minimum absolute atomic E-state index is 0.00533. The number of aliphatic hydroxyl groups is 1. The van der Waals surface area contributed by atoms with Crippen LogP contribution in [0.25, 0.3) is 0 Å². The molecule has 7 aliphatic rings. The van der Waals surface area contributed by atoms with E-state index in [0.717, 1.165) is 97.3 Å². The van der Waals surface area contributed by atoms with Crippen molar-refractivity contribution in [3.8, 4) is 5.75 Å². The number of rotatable bonds is 40. The number of allylic oxidation sites excluding steroid dienone is 5. The van der Waals surface area contributed by atoms with Gasteiger partial charge in [0.25, 0.3) is 11.8 Å². The predicted octanol–water partition coefficient (Wildman–Crippen LogP) is -1.73. The molecule has 5 aliphatic carbocycles. The van der Waals surface area contributed by atoms with Gasteiger partial charge in [-0.25, -0.2) is 4.90 Å². The molecule has 15 amide bonds. The number of amides is 15. The smallest absolute Gasteiger partial charge is 0.323 e. The first kappa shape index (κ1) is 94.4. The van der Waals surface area contributed by atoms with Gasteiger partial charge in [0, 0.05) is 118 Å². The van der Waals surface area contributed by atoms with E-state index in [1.165, 1.54) is 96.5 Å². The van der Waals surface area contributed by atoms with Gasteiger partial charge in [-0.3, -0.25) is 86.3 Å². The van der Waals surface area contributed by atoms with E-state index in [0.29, 0.717) is 24.3 Å². The summed E-state index contributed by atoms with van der Waals surface area (Å²) in [5.41, 5.74) is -1.27. The number of benzene rings is 1. The summed E-state index contributed by atoms with van der Waals surface area (Å²) in [7, 11) is 13.0. The number of Topliss-reactive ketones (excluding diaryl/α,β-unsaturated/α-hetero) is 1. The number of aliphatic carboxylic acids is 1. The standard InChI is InChI=1S/C82H114N14O24/c1-49(78(115)83-48-117-47-60(99)82-61(119-76(120-82)29-20-51-17-15-18-51)35-57-56-25-23-53-33-55(97)30-31-80(53,3)77(56)58(98)36-81(57,82)4)85-79(116)50(2)84-62(100)26-22-52-21-24-54(96-64(102)27-28-65(96)103)34-59(52)118-32-16-19-63(101)86(5)37-66(104)87(6)38-67(105)88(7)39-68(106)89(8)40-69(107)90(9)41-70(108)91(10)42-71(109)92(11)43-72(110)93(12)44-73(111)94(13)45-74(112)95(14)46-75(113)114/h20-21,24,27-31,33-34,49-51,56-58,61,76-77,98H,15-19,22-23,25-26,32,35-48H2,1-14H3,(H,83,115)(H,84,100)(H,85,116)(H,113,114)/b29-20+/t49-,50-,56-,57-,58-,61+,76+,77+,80-,81-,82+/m0/s1. The number of nitrogens with zero attached hydrogens (tertiary/aromatic N) is 11. The van der Waals surface area contributed by atoms with Gasteiger partial charge in [-0.15, -0.1) is 0 Å². The van der Waals surface area contributed by atoms with Crippen molar-refractivity contribution in [1.82, 2.24) is 64.9 Å². The Kier molecular flexibility index (Phi) is 32.1. The molecule has 2 heterocycles. The molecule has 1 aromatic carbocycles. The van der Waals surface area contributed by atoms with E-state index in [4.69, 9.17) is 24.1 Å². The van der Waals surface area contributed by atoms with E-state index in [1.807, 2.05) is 19.1 Å². The molecule has 5 N–H and O–H groups in total. The molecule has 4 saturated carbocycles. The molecule has 11 atom stereocenters. The first-order valence-electron chi connectivity index (χ1n) is 40.0. The summed E-state index contributed by atoms with van der Waals surface area (Å²) in [6.45, 7) is 0.963. The first-order valence-corrected chi connectivity index (χ1v) is 40.0. The first-order chi connectivity index (χ1) is 56.4. The van der Waals surface area contributed by atoms with Crippen molar-refractivity contribution in [3.05, 3.63) is 71.9 Å². The molecule has 0 unspecified atom stereocenters. The number of carbonyl (C=O) groups excluding carboxylic acids is 17. The zero-order valence-electron chi connectivity index (χ0n) is 70.7. The van der Waals surface area contributed by atoms with Crippen LogP contribution >= 0.6 is 0 Å². The molecule has 8 rings (SSSR count). The van der Waals surface area contributed by atoms with Gasteiger partial charge in [0.05, 0.1) is 83.4 Å². The zero-order valence-corrected chi connectivity index (χ0v) is 70.7. The molecule has 5 fully saturated rings. The zero-order chi connectivity index (χ0) is 88.7. The molecular formula is C82H114N14O24. The van der Waals surface area contributed by atoms with Crippen LogP contribution in [0, 0.1) is 34.5 Å². The fourth-order valence-corrected chi connectivity index (χ4v) is 16.4. The van der Waals surface area contributed by atoms with Crippen molar-refractivity contribution in [3.63, 3.8) is 0 Å². The number of carbonyl (C=O) groups is 18. The summed E-state index contributed by atoms with van der Waals surface area (Å²) < 4.78 is 25.4. The van der Waals surface area contributed by atoms with E-state index in [-0.39, 0.29) is 79.5 Å². The molecule has 38 nitrogen and oxygen atoms in total. The number of hydrogen-bond donors (Lipinski definition) is 5. The Balaban J connectivity index is 0.727. The van der Waals surface area contributed by atoms with Gasteiger partial charge in [-0.2, -0.15) is 0 Å². The maximum Gasteiger partial charge on any atom is 0.323 e. The molecule has 1 saturated heterocycles. The number of hydrogen-bond acceptors (Lipinski definition) is 23. The van der Waals surface area contributed by atoms with Gasteiger partial charge in [-0.1, -0.05) is 44.1 Å². The lowest BCUT2D eigenvalue weighted by Gasteiger charge is -2.59. The average molecular weight is 1680 g/mol. The van der Waals surface area contributed by atoms with Crippen LogP contribution in [0.15, 0.2) is 66.3 Å². The number of fused-ring (bicyclic) bond motifs is 7. The van der Waals surface area contributed by atoms with Crippen LogP contribution < -0.4 is 25.6 Å². The monoisotopic (exact) mass is 1680 g/mol. The third-order valence-corrected chi connectivity index (χ3v) is 24.0. The molecule has 0 aromatic heterocycles. The molecule has 0 bridgehead atoms. The Bertz CT molecular complexity index is 4280. The second-order valence-electron chi connectivity index (χ2n) is 32.8. The number of carboxylic acid groups (broad SMARTS) is 1. The minimum Gasteiger partial charge on any atom is -0.493 e. The van der Waals surface area contributed by atoms with E-state index in [2.05, 4.69) is 29.0 Å². The van der Waals surface area contributed by atoms with Crippen molar-refractivity contribution >= 4 is 112 Å². The maximum absolute atomic E-state index is 14.9. The normalized spacial score (nSPS) is 22.9. The molecular weight excluding hydrogens is 1560 g/mol. The molecule has 656 valence electrons. The van der Waals surface area contributed by atoms with Crippen molar-refractivity contribution in [2.24, 2.45) is 34.5 Å². The Labute approximate surface area is 696 Å². The SMILES string of the molecule is C[C@H](NC(=O)CCc1ccc(N2C(=O)C=CC2=O)cc1OCCCC(=O)N(C)CC(=O)N(C)CC(=O)N(C)CC(=O)N(C)CC(=O)N(C)CC(=O)N(C)CC(=O)N(C)CC(=O)N(C)CC(=O)N(C)CC(=O)N(C)CC(=O)O)C(=O)N[C@@H](C)C(=O)NCOCC(=O)[C@@]12O[C@H](/C=C/C3CCC3)O[C@@H]1C[C@H]1[C@@H]3CCC4=CC(=O)C=C[C@]4(C)[C@H]3[C@@H](O)C[C@@]12C. The van der Waals surface area contributed by atoms with Crippen molar-refractivity contribution < 1.29 is 115 Å². The van der Waals surface area contributed by atoms with Gasteiger partial charge < -0.3 is 94.1 Å². The largest absolute Gasteiger partial charge is 0.493 e. The summed E-state index contributed by atoms with van der Waals surface area (Å²) in [5.74, 6) is -11.0. The third kappa shape index (κ3) is 22.9. The second kappa shape index (κ2) is 40.8. The summed E-state index contributed by atoms with van der Waals surface area (Å²) >= 11 is 0. The Morgan fingerprint density at radius 1 is 0.600 bits per heavy atom. The highest BCUT2D eigenvalue weighted by Gasteiger charge is 2.76. The van der Waals surface area contributed by atoms with Crippen LogP contribution in [0.4, 0.5) is 5.69 Å². The lowest BCUT2D eigenvalue weighted by Crippen LogP contribution is -2.63. The van der Waals surface area contributed by atoms with Crippen LogP contribution in [-0.4, -0.2) is 357 Å². The highest BCUT2D eigenvalue weighted by molar-refractivity contribution is 6.28. The summed E-state index contributed by atoms with van der Waals surface area (Å²) in [4.78, 5) is 245. The van der Waals surface area contributed by atoms with Gasteiger partial charge in [0.15, 0.2) is 23.5 Å². The summed E-state index contributed by atoms with van der Waals surface area (Å²) in [6.07, 6.45) is 14.3. The minimum atomic E-state index is -1.49. The second-order valence-corrected chi connectivity index (χ2v) is 32.8. The molecule has 0 spiro atoms. The number of nitrogens with one attached hydrogen (secondary N) is 3. The Morgan fingerprint density at radius 2 is 1.07 bits per heavy atom. The van der Waals surface area contributed by atoms with Crippen LogP contribution in [0.1, 0.15) is 97.5 Å². The van der Waals surface area contributed by atoms with Crippen LogP contribution in [-0.2, 0) is 107 Å². The fraction of sp³-hybridized carbons (Fsp3) is 0.610. The van der Waals surface area contributed by atoms with Crippen molar-refractivity contribution in [1.29, 1.82) is 0 Å². The lowest BCUT2D eigenvalue weighted by molar-refractivity contribution is -0.194. The number of likely N-dealkylation sites (N-methyl/N-ethyl adjacent to an activating group) is 10. The number of aryl methyl sites for hydroxylation is 1. The molecule has 0 radical (unpaired) electrons. The molecule has 38 heteroatoms. The van der Waals surface area contributed by atoms with E-state index < -0.39 is 220 Å². The van der Waals surface area contributed by atoms with E-state index in [9.17, 15) is 91.4 Å². The fourth-order valence-electron chi connectivity index (χ4n) is 16.4. The van der Waals surface area contributed by atoms with Gasteiger partial charge in [-0.05, 0) is 113 Å². The molecule has 1 aromatic rings. The number of carboxylic acids is 1. The number of anilines is 1. The highest BCUT2D eigenvalue weighted by atomic mass is 16.7. The summed E-state index contributed by atoms with van der Waals surface area (Å²) in [5, 5.41) is 28.9. The highest BCUT2D eigenvalue weighted by Crippen LogP contribution is 2.70. The Morgan fingerprint density at radius 3 is 1.55 bits per heavy atom. The number of ketones is 2. The average Bonchev–Trinajstić information content (AvgIpc) is 1.51. The van der Waals surface area contributed by atoms with Gasteiger partial charge >= 0.3 is 5.97 Å². The van der Waals surface area contributed by atoms with Gasteiger partial charge in [0.2, 0.25) is 76.8 Å². The van der Waals surface area contributed by atoms with Crippen molar-refractivity contribution in [2.45, 2.75) is 135 Å². The topological polar surface area (TPSA) is 456 Å². The maximum atomic E-state index is 14.9. The van der Waals surface area contributed by atoms with Crippen LogP contribution in [0.5, 0.6) is 5.75 Å². The molecule has 2 aliphatic heterocycles. The predicted molar refractivity (Wildman–Crippen MR) is 427 cm³/mol. The number of ether oxygens (including phenoxy) is 4. The summed E-state index contributed by atoms with van der Waals surface area (Å²) in [6, 6.07) is 2.22. The van der Waals surface area contributed by atoms with Crippen LogP contribution in [0.2, 0.25) is 0 Å².